The normalized spacial score (nSPS) is 13.5. The van der Waals surface area contributed by atoms with E-state index in [0.717, 1.165) is 60.3 Å². The summed E-state index contributed by atoms with van der Waals surface area (Å²) in [5.41, 5.74) is 3.19. The second kappa shape index (κ2) is 11.0. The van der Waals surface area contributed by atoms with E-state index in [4.69, 9.17) is 9.72 Å². The summed E-state index contributed by atoms with van der Waals surface area (Å²) in [7, 11) is 0. The number of benzene rings is 2. The summed E-state index contributed by atoms with van der Waals surface area (Å²) in [5, 5.41) is 1.05. The quantitative estimate of drug-likeness (QED) is 0.302. The van der Waals surface area contributed by atoms with Crippen LogP contribution in [-0.4, -0.2) is 43.1 Å². The zero-order valence-electron chi connectivity index (χ0n) is 19.9. The van der Waals surface area contributed by atoms with E-state index in [1.54, 1.807) is 42.2 Å². The van der Waals surface area contributed by atoms with E-state index >= 15 is 0 Å². The van der Waals surface area contributed by atoms with E-state index in [0.29, 0.717) is 18.7 Å². The number of anilines is 2. The van der Waals surface area contributed by atoms with Gasteiger partial charge in [0.25, 0.3) is 0 Å². The van der Waals surface area contributed by atoms with Crippen molar-refractivity contribution in [3.05, 3.63) is 71.8 Å². The topological polar surface area (TPSA) is 62.7 Å². The average Bonchev–Trinajstić information content (AvgIpc) is 3.40. The van der Waals surface area contributed by atoms with Crippen LogP contribution < -0.4 is 9.80 Å². The van der Waals surface area contributed by atoms with E-state index < -0.39 is 0 Å². The first kappa shape index (κ1) is 23.5. The monoisotopic (exact) mass is 457 g/mol. The lowest BCUT2D eigenvalue weighted by Gasteiger charge is -2.21. The summed E-state index contributed by atoms with van der Waals surface area (Å²) in [5.74, 6) is 0.838. The van der Waals surface area contributed by atoms with Gasteiger partial charge in [-0.15, -0.1) is 0 Å². The van der Waals surface area contributed by atoms with E-state index in [-0.39, 0.29) is 11.9 Å². The summed E-state index contributed by atoms with van der Waals surface area (Å²) < 4.78 is 5.16. The van der Waals surface area contributed by atoms with E-state index in [1.165, 1.54) is 0 Å². The molecule has 2 aromatic carbocycles. The number of aromatic nitrogens is 1. The molecule has 1 aliphatic heterocycles. The third kappa shape index (κ3) is 5.28. The second-order valence-corrected chi connectivity index (χ2v) is 8.38. The minimum Gasteiger partial charge on any atom is -0.449 e. The zero-order chi connectivity index (χ0) is 23.9. The lowest BCUT2D eigenvalue weighted by Crippen LogP contribution is -2.32. The van der Waals surface area contributed by atoms with Crippen molar-refractivity contribution in [1.29, 1.82) is 0 Å². The molecule has 0 saturated carbocycles. The highest BCUT2D eigenvalue weighted by Crippen LogP contribution is 2.28. The molecule has 1 fully saturated rings. The van der Waals surface area contributed by atoms with Crippen LogP contribution in [0.4, 0.5) is 16.3 Å². The predicted molar refractivity (Wildman–Crippen MR) is 138 cm³/mol. The van der Waals surface area contributed by atoms with Crippen molar-refractivity contribution in [1.82, 2.24) is 4.98 Å². The molecule has 2 heterocycles. The fourth-order valence-corrected chi connectivity index (χ4v) is 4.25. The molecule has 1 aromatic heterocycles. The van der Waals surface area contributed by atoms with Gasteiger partial charge in [0, 0.05) is 41.8 Å². The number of carbonyl (C=O) groups excluding carboxylic acids is 2. The predicted octanol–water partition coefficient (Wildman–Crippen LogP) is 6.10. The number of amides is 1. The largest absolute Gasteiger partial charge is 0.449 e. The first-order chi connectivity index (χ1) is 16.6. The molecule has 4 rings (SSSR count). The lowest BCUT2D eigenvalue weighted by atomic mass is 10.1. The molecule has 6 nitrogen and oxygen atoms in total. The molecule has 34 heavy (non-hydrogen) atoms. The van der Waals surface area contributed by atoms with Gasteiger partial charge in [-0.1, -0.05) is 25.1 Å². The third-order valence-electron chi connectivity index (χ3n) is 5.95. The van der Waals surface area contributed by atoms with E-state index in [2.05, 4.69) is 11.0 Å². The molecule has 176 valence electrons. The SMILES string of the molecule is CCCN(C(=O)OCC)c1ccc(C(=O)/C=C/c2cc3ccccc3nc2N2CCCC2)cc1. The standard InChI is InChI=1S/C28H31N3O3/c1-3-17-31(28(33)34-4-2)24-14-11-21(12-15-24)26(32)16-13-23-20-22-9-5-6-10-25(22)29-27(23)30-18-7-8-19-30/h5-6,9-16,20H,3-4,7-8,17-19H2,1-2H3/b16-13+. The maximum absolute atomic E-state index is 12.9. The highest BCUT2D eigenvalue weighted by molar-refractivity contribution is 6.07. The molecule has 0 bridgehead atoms. The molecule has 0 radical (unpaired) electrons. The smallest absolute Gasteiger partial charge is 0.414 e. The number of allylic oxidation sites excluding steroid dienone is 1. The molecule has 0 spiro atoms. The highest BCUT2D eigenvalue weighted by Gasteiger charge is 2.18. The summed E-state index contributed by atoms with van der Waals surface area (Å²) in [6.45, 7) is 6.64. The fraction of sp³-hybridized carbons (Fsp3) is 0.321. The van der Waals surface area contributed by atoms with E-state index in [9.17, 15) is 9.59 Å². The van der Waals surface area contributed by atoms with Gasteiger partial charge in [0.15, 0.2) is 5.78 Å². The Labute approximate surface area is 200 Å². The lowest BCUT2D eigenvalue weighted by molar-refractivity contribution is 0.104. The first-order valence-corrected chi connectivity index (χ1v) is 12.0. The number of rotatable bonds is 8. The molecule has 1 amide bonds. The average molecular weight is 458 g/mol. The Bertz CT molecular complexity index is 1180. The van der Waals surface area contributed by atoms with Crippen molar-refractivity contribution < 1.29 is 14.3 Å². The maximum Gasteiger partial charge on any atom is 0.414 e. The molecule has 1 aliphatic rings. The van der Waals surface area contributed by atoms with E-state index in [1.807, 2.05) is 37.3 Å². The minimum absolute atomic E-state index is 0.0924. The number of carbonyl (C=O) groups is 2. The Kier molecular flexibility index (Phi) is 7.58. The Morgan fingerprint density at radius 3 is 2.50 bits per heavy atom. The summed E-state index contributed by atoms with van der Waals surface area (Å²) >= 11 is 0. The van der Waals surface area contributed by atoms with Crippen molar-refractivity contribution in [3.8, 4) is 0 Å². The van der Waals surface area contributed by atoms with Crippen molar-refractivity contribution >= 4 is 40.4 Å². The number of nitrogens with zero attached hydrogens (tertiary/aromatic N) is 3. The third-order valence-corrected chi connectivity index (χ3v) is 5.95. The molecule has 3 aromatic rings. The van der Waals surface area contributed by atoms with Gasteiger partial charge in [0.2, 0.25) is 0 Å². The molecule has 0 atom stereocenters. The summed E-state index contributed by atoms with van der Waals surface area (Å²) in [4.78, 5) is 34.0. The minimum atomic E-state index is -0.374. The van der Waals surface area contributed by atoms with Crippen LogP contribution in [0.15, 0.2) is 60.7 Å². The van der Waals surface area contributed by atoms with Crippen LogP contribution in [0.1, 0.15) is 49.0 Å². The van der Waals surface area contributed by atoms with Gasteiger partial charge >= 0.3 is 6.09 Å². The van der Waals surface area contributed by atoms with Gasteiger partial charge in [0.1, 0.15) is 5.82 Å². The number of hydrogen-bond acceptors (Lipinski definition) is 5. The van der Waals surface area contributed by atoms with Crippen LogP contribution in [0.5, 0.6) is 0 Å². The number of hydrogen-bond donors (Lipinski definition) is 0. The van der Waals surface area contributed by atoms with Gasteiger partial charge in [-0.2, -0.15) is 0 Å². The molecule has 0 N–H and O–H groups in total. The Balaban J connectivity index is 1.56. The molecule has 1 saturated heterocycles. The number of para-hydroxylation sites is 1. The number of ketones is 1. The van der Waals surface area contributed by atoms with Crippen LogP contribution in [0.3, 0.4) is 0 Å². The van der Waals surface area contributed by atoms with Gasteiger partial charge in [0.05, 0.1) is 12.1 Å². The van der Waals surface area contributed by atoms with Gasteiger partial charge in [-0.25, -0.2) is 9.78 Å². The summed E-state index contributed by atoms with van der Waals surface area (Å²) in [6.07, 6.45) is 6.22. The van der Waals surface area contributed by atoms with Crippen LogP contribution in [-0.2, 0) is 4.74 Å². The van der Waals surface area contributed by atoms with Gasteiger partial charge in [-0.3, -0.25) is 9.69 Å². The first-order valence-electron chi connectivity index (χ1n) is 12.0. The zero-order valence-corrected chi connectivity index (χ0v) is 19.9. The van der Waals surface area contributed by atoms with Crippen LogP contribution >= 0.6 is 0 Å². The molecular weight excluding hydrogens is 426 g/mol. The molecule has 0 unspecified atom stereocenters. The Morgan fingerprint density at radius 1 is 1.06 bits per heavy atom. The van der Waals surface area contributed by atoms with Crippen LogP contribution in [0.2, 0.25) is 0 Å². The number of pyridine rings is 1. The Morgan fingerprint density at radius 2 is 1.79 bits per heavy atom. The van der Waals surface area contributed by atoms with Gasteiger partial charge in [-0.05, 0) is 74.7 Å². The van der Waals surface area contributed by atoms with Crippen molar-refractivity contribution in [2.75, 3.05) is 36.0 Å². The van der Waals surface area contributed by atoms with Crippen molar-refractivity contribution in [3.63, 3.8) is 0 Å². The highest BCUT2D eigenvalue weighted by atomic mass is 16.6. The Hall–Kier alpha value is -3.67. The molecule has 6 heteroatoms. The summed E-state index contributed by atoms with van der Waals surface area (Å²) in [6, 6.07) is 17.3. The van der Waals surface area contributed by atoms with Crippen molar-refractivity contribution in [2.45, 2.75) is 33.1 Å². The number of ether oxygens (including phenoxy) is 1. The fourth-order valence-electron chi connectivity index (χ4n) is 4.25. The maximum atomic E-state index is 12.9. The van der Waals surface area contributed by atoms with Crippen LogP contribution in [0, 0.1) is 0 Å². The van der Waals surface area contributed by atoms with Gasteiger partial charge < -0.3 is 9.64 Å². The second-order valence-electron chi connectivity index (χ2n) is 8.38. The molecular formula is C28H31N3O3. The van der Waals surface area contributed by atoms with Crippen molar-refractivity contribution in [2.24, 2.45) is 0 Å². The number of fused-ring (bicyclic) bond motifs is 1. The van der Waals surface area contributed by atoms with Crippen LogP contribution in [0.25, 0.3) is 17.0 Å². The molecule has 0 aliphatic carbocycles.